The van der Waals surface area contributed by atoms with Gasteiger partial charge in [-0.2, -0.15) is 0 Å². The van der Waals surface area contributed by atoms with Gasteiger partial charge in [0.05, 0.1) is 52.4 Å². The van der Waals surface area contributed by atoms with Crippen molar-refractivity contribution < 1.29 is 24.1 Å². The molecule has 0 radical (unpaired) electrons. The minimum absolute atomic E-state index is 0.00239. The van der Waals surface area contributed by atoms with E-state index in [4.69, 9.17) is 4.74 Å². The molecule has 7 heteroatoms. The number of benzene rings is 1. The lowest BCUT2D eigenvalue weighted by molar-refractivity contribution is -0.899. The van der Waals surface area contributed by atoms with Gasteiger partial charge >= 0.3 is 5.97 Å². The number of piperazine rings is 1. The van der Waals surface area contributed by atoms with Gasteiger partial charge in [-0.3, -0.25) is 9.59 Å². The summed E-state index contributed by atoms with van der Waals surface area (Å²) in [6, 6.07) is 8.16. The number of carbonyl (C=O) groups excluding carboxylic acids is 2. The molecule has 0 aromatic heterocycles. The first-order chi connectivity index (χ1) is 14.1. The van der Waals surface area contributed by atoms with Gasteiger partial charge in [-0.1, -0.05) is 0 Å². The zero-order valence-electron chi connectivity index (χ0n) is 17.8. The molecule has 1 unspecified atom stereocenters. The summed E-state index contributed by atoms with van der Waals surface area (Å²) in [5.41, 5.74) is 2.05. The Hall–Kier alpha value is -2.12. The number of carbonyl (C=O) groups is 2. The van der Waals surface area contributed by atoms with Crippen LogP contribution in [0.2, 0.25) is 0 Å². The third-order valence-electron chi connectivity index (χ3n) is 6.14. The van der Waals surface area contributed by atoms with Gasteiger partial charge in [0, 0.05) is 11.4 Å². The van der Waals surface area contributed by atoms with Gasteiger partial charge < -0.3 is 24.8 Å². The lowest BCUT2D eigenvalue weighted by Crippen LogP contribution is -3.14. The van der Waals surface area contributed by atoms with Gasteiger partial charge in [0.25, 0.3) is 5.91 Å². The van der Waals surface area contributed by atoms with Crippen molar-refractivity contribution in [2.45, 2.75) is 26.7 Å². The number of amides is 1. The van der Waals surface area contributed by atoms with Crippen molar-refractivity contribution in [2.75, 3.05) is 69.2 Å². The smallest absolute Gasteiger partial charge is 0.314 e. The monoisotopic (exact) mass is 404 g/mol. The van der Waals surface area contributed by atoms with Crippen LogP contribution in [0, 0.1) is 5.92 Å². The van der Waals surface area contributed by atoms with E-state index in [2.05, 4.69) is 29.3 Å². The molecule has 0 bridgehead atoms. The van der Waals surface area contributed by atoms with Gasteiger partial charge in [-0.05, 0) is 51.0 Å². The van der Waals surface area contributed by atoms with Crippen molar-refractivity contribution in [3.63, 3.8) is 0 Å². The molecule has 1 aromatic carbocycles. The lowest BCUT2D eigenvalue weighted by atomic mass is 9.98. The first kappa shape index (κ1) is 21.6. The maximum atomic E-state index is 12.5. The number of nitrogens with zero attached hydrogens (tertiary/aromatic N) is 1. The highest BCUT2D eigenvalue weighted by atomic mass is 16.5. The Kier molecular flexibility index (Phi) is 7.89. The summed E-state index contributed by atoms with van der Waals surface area (Å²) in [5.74, 6) is -0.208. The van der Waals surface area contributed by atoms with Crippen molar-refractivity contribution in [2.24, 2.45) is 5.92 Å². The molecule has 160 valence electrons. The van der Waals surface area contributed by atoms with Crippen molar-refractivity contribution in [3.8, 4) is 0 Å². The Labute approximate surface area is 174 Å². The molecule has 1 aromatic rings. The van der Waals surface area contributed by atoms with Crippen LogP contribution < -0.4 is 20.0 Å². The van der Waals surface area contributed by atoms with Gasteiger partial charge in [0.1, 0.15) is 5.92 Å². The maximum absolute atomic E-state index is 12.5. The van der Waals surface area contributed by atoms with Crippen LogP contribution in [0.4, 0.5) is 11.4 Å². The molecule has 2 aliphatic rings. The summed E-state index contributed by atoms with van der Waals surface area (Å²) in [5, 5.41) is 3.01. The fourth-order valence-electron chi connectivity index (χ4n) is 4.40. The van der Waals surface area contributed by atoms with Crippen LogP contribution in [-0.4, -0.2) is 70.8 Å². The third kappa shape index (κ3) is 6.18. The Bertz CT molecular complexity index is 671. The number of rotatable bonds is 7. The molecule has 29 heavy (non-hydrogen) atoms. The quantitative estimate of drug-likeness (QED) is 0.521. The second kappa shape index (κ2) is 10.6. The number of ether oxygens (including phenoxy) is 1. The van der Waals surface area contributed by atoms with E-state index >= 15 is 0 Å². The Morgan fingerprint density at radius 3 is 2.48 bits per heavy atom. The van der Waals surface area contributed by atoms with Crippen LogP contribution in [0.5, 0.6) is 0 Å². The largest absolute Gasteiger partial charge is 0.466 e. The van der Waals surface area contributed by atoms with Crippen molar-refractivity contribution in [1.29, 1.82) is 0 Å². The molecule has 0 spiro atoms. The SMILES string of the molecule is CCOC(=O)[C@H]1CCC[NH+](CC(=O)Nc2ccc(N3CC[NH+](CC)CC3)cc2)C1. The highest BCUT2D eigenvalue weighted by molar-refractivity contribution is 5.91. The summed E-state index contributed by atoms with van der Waals surface area (Å²) in [6.45, 7) is 12.2. The second-order valence-electron chi connectivity index (χ2n) is 8.16. The van der Waals surface area contributed by atoms with E-state index in [9.17, 15) is 9.59 Å². The van der Waals surface area contributed by atoms with Crippen molar-refractivity contribution in [3.05, 3.63) is 24.3 Å². The van der Waals surface area contributed by atoms with Crippen LogP contribution in [0.3, 0.4) is 0 Å². The second-order valence-corrected chi connectivity index (χ2v) is 8.16. The molecular formula is C22H36N4O3+2. The highest BCUT2D eigenvalue weighted by Crippen LogP contribution is 2.18. The number of hydrogen-bond donors (Lipinski definition) is 3. The number of quaternary nitrogens is 2. The molecule has 2 aliphatic heterocycles. The van der Waals surface area contributed by atoms with Crippen LogP contribution in [0.15, 0.2) is 24.3 Å². The molecule has 2 saturated heterocycles. The molecule has 2 fully saturated rings. The number of likely N-dealkylation sites (N-methyl/N-ethyl adjacent to an activating group) is 1. The first-order valence-electron chi connectivity index (χ1n) is 11.1. The van der Waals surface area contributed by atoms with Crippen molar-refractivity contribution in [1.82, 2.24) is 0 Å². The fraction of sp³-hybridized carbons (Fsp3) is 0.636. The third-order valence-corrected chi connectivity index (χ3v) is 6.14. The molecule has 1 amide bonds. The fourth-order valence-corrected chi connectivity index (χ4v) is 4.40. The first-order valence-corrected chi connectivity index (χ1v) is 11.1. The van der Waals surface area contributed by atoms with E-state index < -0.39 is 0 Å². The maximum Gasteiger partial charge on any atom is 0.314 e. The number of likely N-dealkylation sites (tertiary alicyclic amines) is 1. The number of nitrogens with one attached hydrogen (secondary N) is 3. The predicted molar refractivity (Wildman–Crippen MR) is 113 cm³/mol. The molecule has 3 N–H and O–H groups in total. The standard InChI is InChI=1S/C22H34N4O3/c1-3-24-12-14-26(15-13-24)20-9-7-19(8-10-20)23-21(27)17-25-11-5-6-18(16-25)22(28)29-4-2/h7-10,18H,3-6,11-17H2,1-2H3,(H,23,27)/p+2/t18-/m0/s1. The van der Waals surface area contributed by atoms with Gasteiger partial charge in [-0.15, -0.1) is 0 Å². The topological polar surface area (TPSA) is 67.5 Å². The zero-order valence-corrected chi connectivity index (χ0v) is 17.8. The van der Waals surface area contributed by atoms with Crippen LogP contribution in [0.25, 0.3) is 0 Å². The number of esters is 1. The summed E-state index contributed by atoms with van der Waals surface area (Å²) in [6.07, 6.45) is 1.81. The van der Waals surface area contributed by atoms with E-state index in [1.54, 1.807) is 4.90 Å². The van der Waals surface area contributed by atoms with Gasteiger partial charge in [0.15, 0.2) is 6.54 Å². The van der Waals surface area contributed by atoms with Crippen molar-refractivity contribution >= 4 is 23.3 Å². The summed E-state index contributed by atoms with van der Waals surface area (Å²) in [7, 11) is 0. The normalized spacial score (nSPS) is 22.9. The summed E-state index contributed by atoms with van der Waals surface area (Å²) < 4.78 is 5.15. The number of piperidine rings is 1. The van der Waals surface area contributed by atoms with E-state index in [1.165, 1.54) is 25.3 Å². The average molecular weight is 405 g/mol. The van der Waals surface area contributed by atoms with E-state index in [-0.39, 0.29) is 17.8 Å². The zero-order chi connectivity index (χ0) is 20.6. The summed E-state index contributed by atoms with van der Waals surface area (Å²) >= 11 is 0. The number of anilines is 2. The summed E-state index contributed by atoms with van der Waals surface area (Å²) in [4.78, 5) is 29.7. The molecular weight excluding hydrogens is 368 g/mol. The molecule has 0 aliphatic carbocycles. The minimum Gasteiger partial charge on any atom is -0.466 e. The average Bonchev–Trinajstić information content (AvgIpc) is 2.75. The van der Waals surface area contributed by atoms with E-state index in [1.807, 2.05) is 19.1 Å². The Balaban J connectivity index is 1.46. The molecule has 3 rings (SSSR count). The molecule has 0 saturated carbocycles. The van der Waals surface area contributed by atoms with E-state index in [0.29, 0.717) is 19.7 Å². The van der Waals surface area contributed by atoms with Gasteiger partial charge in [0.2, 0.25) is 0 Å². The lowest BCUT2D eigenvalue weighted by Gasteiger charge is -2.33. The Morgan fingerprint density at radius 2 is 1.83 bits per heavy atom. The molecule has 2 atom stereocenters. The Morgan fingerprint density at radius 1 is 1.10 bits per heavy atom. The van der Waals surface area contributed by atoms with Crippen LogP contribution >= 0.6 is 0 Å². The van der Waals surface area contributed by atoms with Crippen LogP contribution in [-0.2, 0) is 14.3 Å². The highest BCUT2D eigenvalue weighted by Gasteiger charge is 2.30. The van der Waals surface area contributed by atoms with Gasteiger partial charge in [-0.25, -0.2) is 0 Å². The number of hydrogen-bond acceptors (Lipinski definition) is 4. The van der Waals surface area contributed by atoms with Crippen LogP contribution in [0.1, 0.15) is 26.7 Å². The predicted octanol–water partition coefficient (Wildman–Crippen LogP) is -0.792. The van der Waals surface area contributed by atoms with E-state index in [0.717, 1.165) is 43.1 Å². The molecule has 7 nitrogen and oxygen atoms in total. The minimum atomic E-state index is -0.123. The molecule has 2 heterocycles.